The van der Waals surface area contributed by atoms with Gasteiger partial charge in [0.05, 0.1) is 28.8 Å². The molecular weight excluding hydrogens is 697 g/mol. The molecule has 2 aromatic heterocycles. The highest BCUT2D eigenvalue weighted by Crippen LogP contribution is 2.35. The van der Waals surface area contributed by atoms with Gasteiger partial charge in [-0.05, 0) is 64.7 Å². The minimum Gasteiger partial charge on any atom is -0.506 e. The molecule has 0 radical (unpaired) electrons. The molecule has 13 heteroatoms. The van der Waals surface area contributed by atoms with E-state index in [1.54, 1.807) is 66.7 Å². The van der Waals surface area contributed by atoms with Crippen molar-refractivity contribution in [1.82, 2.24) is 15.6 Å². The Morgan fingerprint density at radius 1 is 0.922 bits per heavy atom. The highest BCUT2D eigenvalue weighted by atomic mass is 35.5. The smallest absolute Gasteiger partial charge is 0.345 e. The fourth-order valence-corrected chi connectivity index (χ4v) is 7.09. The number of fused-ring (bicyclic) bond motifs is 1. The van der Waals surface area contributed by atoms with Gasteiger partial charge in [0.25, 0.3) is 5.91 Å². The van der Waals surface area contributed by atoms with Crippen LogP contribution in [0.3, 0.4) is 0 Å². The Hall–Kier alpha value is -5.37. The number of aliphatic hydroxyl groups excluding tert-OH is 1. The summed E-state index contributed by atoms with van der Waals surface area (Å²) in [5.41, 5.74) is -0.764. The molecule has 2 atom stereocenters. The van der Waals surface area contributed by atoms with Gasteiger partial charge in [-0.2, -0.15) is 0 Å². The van der Waals surface area contributed by atoms with Crippen LogP contribution < -0.4 is 16.2 Å². The molecule has 10 nitrogen and oxygen atoms in total. The molecule has 0 aliphatic rings. The lowest BCUT2D eigenvalue weighted by atomic mass is 9.85. The molecule has 4 aromatic carbocycles. The van der Waals surface area contributed by atoms with E-state index in [0.717, 1.165) is 9.75 Å². The van der Waals surface area contributed by atoms with Crippen LogP contribution in [0.1, 0.15) is 43.6 Å². The number of nitrogens with one attached hydrogen (secondary N) is 3. The average molecular weight is 728 g/mol. The first kappa shape index (κ1) is 35.5. The van der Waals surface area contributed by atoms with Crippen molar-refractivity contribution >= 4 is 45.7 Å². The highest BCUT2D eigenvalue weighted by Gasteiger charge is 2.40. The molecule has 0 saturated carbocycles. The van der Waals surface area contributed by atoms with E-state index in [4.69, 9.17) is 11.6 Å². The summed E-state index contributed by atoms with van der Waals surface area (Å²) < 4.78 is 15.2. The van der Waals surface area contributed by atoms with Gasteiger partial charge in [0.15, 0.2) is 0 Å². The second kappa shape index (κ2) is 14.9. The van der Waals surface area contributed by atoms with Crippen molar-refractivity contribution in [3.05, 3.63) is 157 Å². The molecular formula is C38H31ClFN3O7S. The number of aromatic nitrogens is 1. The maximum Gasteiger partial charge on any atom is 0.345 e. The van der Waals surface area contributed by atoms with Crippen LogP contribution in [0.4, 0.5) is 4.39 Å². The van der Waals surface area contributed by atoms with E-state index in [2.05, 4.69) is 15.6 Å². The number of H-pyrrole nitrogens is 1. The third-order valence-corrected chi connectivity index (χ3v) is 9.84. The summed E-state index contributed by atoms with van der Waals surface area (Å²) in [6.07, 6.45) is -1.02. The summed E-state index contributed by atoms with van der Waals surface area (Å²) in [7, 11) is 0. The van der Waals surface area contributed by atoms with Crippen LogP contribution >= 0.6 is 22.9 Å². The number of carbonyl (C=O) groups excluding carboxylic acids is 1. The first-order chi connectivity index (χ1) is 24.4. The van der Waals surface area contributed by atoms with Crippen LogP contribution in [0.2, 0.25) is 5.02 Å². The van der Waals surface area contributed by atoms with Gasteiger partial charge in [0.2, 0.25) is 11.2 Å². The van der Waals surface area contributed by atoms with Gasteiger partial charge < -0.3 is 36.0 Å². The van der Waals surface area contributed by atoms with Crippen molar-refractivity contribution in [1.29, 1.82) is 0 Å². The number of thiophene rings is 1. The van der Waals surface area contributed by atoms with E-state index >= 15 is 4.39 Å². The summed E-state index contributed by atoms with van der Waals surface area (Å²) in [5, 5.41) is 48.2. The van der Waals surface area contributed by atoms with Crippen LogP contribution in [-0.4, -0.2) is 43.8 Å². The molecule has 51 heavy (non-hydrogen) atoms. The van der Waals surface area contributed by atoms with Crippen LogP contribution in [0.25, 0.3) is 21.3 Å². The highest BCUT2D eigenvalue weighted by molar-refractivity contribution is 7.15. The summed E-state index contributed by atoms with van der Waals surface area (Å²) in [5.74, 6) is -3.07. The topological polar surface area (TPSA) is 172 Å². The Kier molecular flexibility index (Phi) is 10.3. The maximum absolute atomic E-state index is 15.2. The molecule has 0 aliphatic carbocycles. The number of phenols is 1. The Morgan fingerprint density at radius 3 is 2.43 bits per heavy atom. The molecule has 260 valence electrons. The number of aromatic hydroxyl groups is 1. The summed E-state index contributed by atoms with van der Waals surface area (Å²) in [6, 6.07) is 26.7. The Bertz CT molecular complexity index is 2290. The van der Waals surface area contributed by atoms with Gasteiger partial charge in [-0.3, -0.25) is 9.59 Å². The quantitative estimate of drug-likeness (QED) is 0.0826. The van der Waals surface area contributed by atoms with Gasteiger partial charge in [0.1, 0.15) is 11.6 Å². The molecule has 0 fully saturated rings. The lowest BCUT2D eigenvalue weighted by molar-refractivity contribution is -0.155. The Labute approximate surface area is 299 Å². The van der Waals surface area contributed by atoms with E-state index in [-0.39, 0.29) is 52.6 Å². The number of aromatic amines is 1. The normalized spacial score (nSPS) is 13.1. The number of rotatable bonds is 12. The number of halogens is 2. The van der Waals surface area contributed by atoms with Gasteiger partial charge >= 0.3 is 5.97 Å². The fraction of sp³-hybridized carbons (Fsp3) is 0.132. The van der Waals surface area contributed by atoms with Crippen molar-refractivity contribution < 1.29 is 34.4 Å². The van der Waals surface area contributed by atoms with Crippen LogP contribution in [0.15, 0.2) is 108 Å². The second-order valence-electron chi connectivity index (χ2n) is 11.8. The molecule has 2 heterocycles. The third kappa shape index (κ3) is 7.41. The minimum atomic E-state index is -2.26. The SMILES string of the molecule is O=C(NCc1ccc(-c2cccc(C(O)(C(=O)O)c3ccccc3)c2)s1)c1c(F)cc(CNCC(O)c2ccc(O)c3[nH]c(=O)ccc23)cc1Cl. The molecule has 6 aromatic rings. The zero-order valence-electron chi connectivity index (χ0n) is 26.7. The first-order valence-corrected chi connectivity index (χ1v) is 16.9. The van der Waals surface area contributed by atoms with E-state index in [9.17, 15) is 34.8 Å². The van der Waals surface area contributed by atoms with E-state index in [1.807, 2.05) is 6.07 Å². The zero-order valence-corrected chi connectivity index (χ0v) is 28.3. The molecule has 0 bridgehead atoms. The van der Waals surface area contributed by atoms with Crippen molar-refractivity contribution in [3.8, 4) is 16.2 Å². The maximum atomic E-state index is 15.2. The predicted molar refractivity (Wildman–Crippen MR) is 192 cm³/mol. The third-order valence-electron chi connectivity index (χ3n) is 8.41. The number of carboxylic acid groups (broad SMARTS) is 1. The van der Waals surface area contributed by atoms with Crippen molar-refractivity contribution in [3.63, 3.8) is 0 Å². The second-order valence-corrected chi connectivity index (χ2v) is 13.4. The lowest BCUT2D eigenvalue weighted by Crippen LogP contribution is -2.36. The summed E-state index contributed by atoms with van der Waals surface area (Å²) in [6.45, 7) is 0.251. The number of aliphatic carboxylic acids is 1. The lowest BCUT2D eigenvalue weighted by Gasteiger charge is -2.25. The first-order valence-electron chi connectivity index (χ1n) is 15.7. The zero-order chi connectivity index (χ0) is 36.3. The summed E-state index contributed by atoms with van der Waals surface area (Å²) >= 11 is 7.70. The molecule has 1 amide bonds. The Balaban J connectivity index is 1.08. The number of hydrogen-bond donors (Lipinski definition) is 7. The fourth-order valence-electron chi connectivity index (χ4n) is 5.83. The molecule has 0 spiro atoms. The molecule has 0 saturated heterocycles. The number of phenolic OH excluding ortho intramolecular Hbond substituents is 1. The predicted octanol–water partition coefficient (Wildman–Crippen LogP) is 5.83. The van der Waals surface area contributed by atoms with Crippen LogP contribution in [0.5, 0.6) is 5.75 Å². The number of benzene rings is 4. The number of carboxylic acids is 1. The Morgan fingerprint density at radius 2 is 1.69 bits per heavy atom. The molecule has 7 N–H and O–H groups in total. The number of aliphatic hydroxyl groups is 2. The number of pyridine rings is 1. The monoisotopic (exact) mass is 727 g/mol. The minimum absolute atomic E-state index is 0.0566. The van der Waals surface area contributed by atoms with Crippen molar-refractivity contribution in [2.24, 2.45) is 0 Å². The van der Waals surface area contributed by atoms with Crippen molar-refractivity contribution in [2.45, 2.75) is 24.8 Å². The standard InChI is InChI=1S/C38H31ClFN3O7S/c39-28-15-21(18-41-20-31(45)26-10-12-30(44)35-27(26)11-14-33(46)43-35)16-29(40)34(28)36(47)42-19-25-9-13-32(51-25)22-5-4-8-24(17-22)38(50,37(48)49)23-6-2-1-3-7-23/h1-17,31,41,44-45,50H,18-20H2,(H,42,47)(H,43,46)(H,48,49). The van der Waals surface area contributed by atoms with Gasteiger partial charge in [-0.25, -0.2) is 9.18 Å². The average Bonchev–Trinajstić information content (AvgIpc) is 3.60. The van der Waals surface area contributed by atoms with Crippen LogP contribution in [0, 0.1) is 5.82 Å². The number of carbonyl (C=O) groups is 2. The van der Waals surface area contributed by atoms with Crippen LogP contribution in [-0.2, 0) is 23.5 Å². The van der Waals surface area contributed by atoms with Gasteiger partial charge in [0, 0.05) is 39.9 Å². The van der Waals surface area contributed by atoms with Gasteiger partial charge in [-0.1, -0.05) is 66.2 Å². The molecule has 6 rings (SSSR count). The number of amides is 1. The molecule has 0 aliphatic heterocycles. The van der Waals surface area contributed by atoms with E-state index < -0.39 is 35.0 Å². The van der Waals surface area contributed by atoms with E-state index in [1.165, 1.54) is 41.7 Å². The van der Waals surface area contributed by atoms with E-state index in [0.29, 0.717) is 22.1 Å². The van der Waals surface area contributed by atoms with Crippen molar-refractivity contribution in [2.75, 3.05) is 6.54 Å². The largest absolute Gasteiger partial charge is 0.506 e. The molecule has 2 unspecified atom stereocenters. The number of hydrogen-bond acceptors (Lipinski definition) is 8. The van der Waals surface area contributed by atoms with Gasteiger partial charge in [-0.15, -0.1) is 11.3 Å². The summed E-state index contributed by atoms with van der Waals surface area (Å²) in [4.78, 5) is 41.0.